The van der Waals surface area contributed by atoms with Crippen molar-refractivity contribution >= 4 is 18.0 Å². The lowest BCUT2D eigenvalue weighted by Crippen LogP contribution is -2.57. The Morgan fingerprint density at radius 2 is 1.65 bits per heavy atom. The predicted octanol–water partition coefficient (Wildman–Crippen LogP) is 1.51. The summed E-state index contributed by atoms with van der Waals surface area (Å²) in [5.41, 5.74) is -0.660. The maximum Gasteiger partial charge on any atom is 0.408 e. The van der Waals surface area contributed by atoms with E-state index in [1.165, 1.54) is 13.8 Å². The van der Waals surface area contributed by atoms with Crippen molar-refractivity contribution in [3.8, 4) is 0 Å². The molecule has 1 fully saturated rings. The van der Waals surface area contributed by atoms with Gasteiger partial charge in [0.25, 0.3) is 0 Å². The third kappa shape index (κ3) is 6.85. The molecule has 4 atom stereocenters. The molecule has 0 aromatic rings. The molecule has 1 N–H and O–H groups in total. The number of carbonyl (C=O) groups is 3. The minimum atomic E-state index is -0.825. The molecular weight excluding hydrogens is 306 g/mol. The molecule has 1 aliphatic rings. The van der Waals surface area contributed by atoms with Gasteiger partial charge in [-0.3, -0.25) is 9.59 Å². The molecule has 0 saturated carbocycles. The molecule has 1 rings (SSSR count). The van der Waals surface area contributed by atoms with Gasteiger partial charge in [0.05, 0.1) is 12.1 Å². The number of amides is 1. The van der Waals surface area contributed by atoms with Crippen LogP contribution in [-0.4, -0.2) is 48.2 Å². The van der Waals surface area contributed by atoms with Crippen LogP contribution in [0.2, 0.25) is 0 Å². The zero-order valence-corrected chi connectivity index (χ0v) is 14.4. The molecule has 23 heavy (non-hydrogen) atoms. The summed E-state index contributed by atoms with van der Waals surface area (Å²) in [4.78, 5) is 34.3. The predicted molar refractivity (Wildman–Crippen MR) is 79.4 cm³/mol. The lowest BCUT2D eigenvalue weighted by molar-refractivity contribution is -0.228. The first-order valence-corrected chi connectivity index (χ1v) is 7.47. The summed E-state index contributed by atoms with van der Waals surface area (Å²) in [5.74, 6) is -0.989. The molecule has 132 valence electrons. The molecule has 1 heterocycles. The zero-order chi connectivity index (χ0) is 17.8. The lowest BCUT2D eigenvalue weighted by Gasteiger charge is -2.39. The topological polar surface area (TPSA) is 100 Å². The van der Waals surface area contributed by atoms with Crippen molar-refractivity contribution in [2.45, 2.75) is 78.1 Å². The van der Waals surface area contributed by atoms with Crippen molar-refractivity contribution in [3.05, 3.63) is 0 Å². The molecular formula is C15H25NO7. The summed E-state index contributed by atoms with van der Waals surface area (Å²) in [7, 11) is 0. The van der Waals surface area contributed by atoms with Gasteiger partial charge in [0.1, 0.15) is 11.7 Å². The van der Waals surface area contributed by atoms with Gasteiger partial charge in [-0.05, 0) is 27.7 Å². The van der Waals surface area contributed by atoms with E-state index >= 15 is 0 Å². The van der Waals surface area contributed by atoms with E-state index in [0.29, 0.717) is 0 Å². The summed E-state index contributed by atoms with van der Waals surface area (Å²) in [6, 6.07) is -0.596. The highest BCUT2D eigenvalue weighted by Gasteiger charge is 2.41. The largest absolute Gasteiger partial charge is 0.458 e. The van der Waals surface area contributed by atoms with Crippen LogP contribution in [0.25, 0.3) is 0 Å². The molecule has 0 spiro atoms. The van der Waals surface area contributed by atoms with Gasteiger partial charge in [-0.2, -0.15) is 0 Å². The van der Waals surface area contributed by atoms with Crippen LogP contribution in [-0.2, 0) is 28.5 Å². The van der Waals surface area contributed by atoms with E-state index in [1.807, 2.05) is 0 Å². The average molecular weight is 331 g/mol. The normalized spacial score (nSPS) is 27.7. The zero-order valence-electron chi connectivity index (χ0n) is 14.4. The number of hydrogen-bond acceptors (Lipinski definition) is 7. The first kappa shape index (κ1) is 19.2. The highest BCUT2D eigenvalue weighted by molar-refractivity contribution is 5.69. The summed E-state index contributed by atoms with van der Waals surface area (Å²) < 4.78 is 21.0. The van der Waals surface area contributed by atoms with Crippen LogP contribution < -0.4 is 5.32 Å². The second kappa shape index (κ2) is 7.63. The Hall–Kier alpha value is -1.83. The van der Waals surface area contributed by atoms with Crippen LogP contribution in [0, 0.1) is 0 Å². The first-order valence-electron chi connectivity index (χ1n) is 7.47. The second-order valence-corrected chi connectivity index (χ2v) is 6.44. The third-order valence-corrected chi connectivity index (χ3v) is 2.97. The number of carbonyl (C=O) groups excluding carboxylic acids is 3. The minimum Gasteiger partial charge on any atom is -0.458 e. The van der Waals surface area contributed by atoms with Crippen LogP contribution in [0.4, 0.5) is 4.79 Å². The molecule has 0 aromatic heterocycles. The number of alkyl carbamates (subject to hydrolysis) is 1. The van der Waals surface area contributed by atoms with E-state index < -0.39 is 48.2 Å². The Morgan fingerprint density at radius 3 is 2.13 bits per heavy atom. The fourth-order valence-electron chi connectivity index (χ4n) is 2.27. The SMILES string of the molecule is CC(=O)OC1CC(NC(=O)OC(C)(C)C)C(OC(C)=O)C(C)O1. The van der Waals surface area contributed by atoms with Gasteiger partial charge in [-0.15, -0.1) is 0 Å². The van der Waals surface area contributed by atoms with Crippen LogP contribution in [0.5, 0.6) is 0 Å². The fraction of sp³-hybridized carbons (Fsp3) is 0.800. The highest BCUT2D eigenvalue weighted by Crippen LogP contribution is 2.24. The molecule has 0 radical (unpaired) electrons. The van der Waals surface area contributed by atoms with Crippen molar-refractivity contribution < 1.29 is 33.3 Å². The summed E-state index contributed by atoms with van der Waals surface area (Å²) in [6.07, 6.45) is -2.57. The van der Waals surface area contributed by atoms with Crippen LogP contribution in [0.15, 0.2) is 0 Å². The van der Waals surface area contributed by atoms with E-state index in [4.69, 9.17) is 18.9 Å². The van der Waals surface area contributed by atoms with E-state index in [-0.39, 0.29) is 6.42 Å². The first-order chi connectivity index (χ1) is 10.5. The van der Waals surface area contributed by atoms with Crippen molar-refractivity contribution in [2.24, 2.45) is 0 Å². The standard InChI is InChI=1S/C15H25NO7/c1-8-13(22-10(3)18)11(7-12(20-8)21-9(2)17)16-14(19)23-15(4,5)6/h8,11-13H,7H2,1-6H3,(H,16,19). The van der Waals surface area contributed by atoms with Crippen molar-refractivity contribution in [1.82, 2.24) is 5.32 Å². The second-order valence-electron chi connectivity index (χ2n) is 6.44. The van der Waals surface area contributed by atoms with Gasteiger partial charge in [-0.1, -0.05) is 0 Å². The maximum atomic E-state index is 12.0. The van der Waals surface area contributed by atoms with E-state index in [1.54, 1.807) is 27.7 Å². The van der Waals surface area contributed by atoms with Gasteiger partial charge < -0.3 is 24.3 Å². The number of hydrogen-bond donors (Lipinski definition) is 1. The Bertz CT molecular complexity index is 457. The smallest absolute Gasteiger partial charge is 0.408 e. The summed E-state index contributed by atoms with van der Waals surface area (Å²) in [6.45, 7) is 9.43. The molecule has 8 heteroatoms. The fourth-order valence-corrected chi connectivity index (χ4v) is 2.27. The molecule has 0 aromatic carbocycles. The Kier molecular flexibility index (Phi) is 6.37. The van der Waals surface area contributed by atoms with Gasteiger partial charge in [-0.25, -0.2) is 4.79 Å². The molecule has 1 amide bonds. The van der Waals surface area contributed by atoms with Gasteiger partial charge in [0, 0.05) is 20.3 Å². The maximum absolute atomic E-state index is 12.0. The third-order valence-electron chi connectivity index (χ3n) is 2.97. The van der Waals surface area contributed by atoms with E-state index in [0.717, 1.165) is 0 Å². The quantitative estimate of drug-likeness (QED) is 0.618. The van der Waals surface area contributed by atoms with Crippen molar-refractivity contribution in [3.63, 3.8) is 0 Å². The summed E-state index contributed by atoms with van der Waals surface area (Å²) in [5, 5.41) is 2.65. The highest BCUT2D eigenvalue weighted by atomic mass is 16.7. The van der Waals surface area contributed by atoms with Crippen LogP contribution in [0.3, 0.4) is 0 Å². The molecule has 8 nitrogen and oxygen atoms in total. The Morgan fingerprint density at radius 1 is 1.09 bits per heavy atom. The molecule has 4 unspecified atom stereocenters. The lowest BCUT2D eigenvalue weighted by atomic mass is 9.99. The number of esters is 2. The number of ether oxygens (including phenoxy) is 4. The van der Waals surface area contributed by atoms with E-state index in [2.05, 4.69) is 5.32 Å². The molecule has 0 aliphatic carbocycles. The summed E-state index contributed by atoms with van der Waals surface area (Å²) >= 11 is 0. The molecule has 0 bridgehead atoms. The van der Waals surface area contributed by atoms with Crippen LogP contribution in [0.1, 0.15) is 48.0 Å². The van der Waals surface area contributed by atoms with E-state index in [9.17, 15) is 14.4 Å². The minimum absolute atomic E-state index is 0.154. The average Bonchev–Trinajstić information content (AvgIpc) is 2.29. The Labute approximate surface area is 135 Å². The number of nitrogens with one attached hydrogen (secondary N) is 1. The Balaban J connectivity index is 2.82. The van der Waals surface area contributed by atoms with Crippen molar-refractivity contribution in [2.75, 3.05) is 0 Å². The van der Waals surface area contributed by atoms with Gasteiger partial charge >= 0.3 is 18.0 Å². The van der Waals surface area contributed by atoms with Crippen LogP contribution >= 0.6 is 0 Å². The van der Waals surface area contributed by atoms with Gasteiger partial charge in [0.2, 0.25) is 6.29 Å². The number of rotatable bonds is 3. The molecule has 1 aliphatic heterocycles. The van der Waals surface area contributed by atoms with Crippen molar-refractivity contribution in [1.29, 1.82) is 0 Å². The monoisotopic (exact) mass is 331 g/mol. The van der Waals surface area contributed by atoms with Gasteiger partial charge in [0.15, 0.2) is 0 Å². The molecule has 1 saturated heterocycles.